The number of allylic oxidation sites excluding steroid dienone is 1. The lowest BCUT2D eigenvalue weighted by molar-refractivity contribution is 0.0236. The Kier molecular flexibility index (Phi) is 4.95. The van der Waals surface area contributed by atoms with E-state index in [0.29, 0.717) is 0 Å². The second kappa shape index (κ2) is 6.41. The zero-order valence-corrected chi connectivity index (χ0v) is 15.3. The van der Waals surface area contributed by atoms with Gasteiger partial charge in [0, 0.05) is 18.0 Å². The molecule has 22 heavy (non-hydrogen) atoms. The highest BCUT2D eigenvalue weighted by Gasteiger charge is 2.25. The average molecular weight is 322 g/mol. The third-order valence-electron chi connectivity index (χ3n) is 3.90. The molecule has 1 amide bonds. The van der Waals surface area contributed by atoms with Gasteiger partial charge in [-0.25, -0.2) is 9.78 Å². The molecule has 5 heteroatoms. The van der Waals surface area contributed by atoms with Gasteiger partial charge in [-0.2, -0.15) is 0 Å². The number of carbonyl (C=O) groups is 1. The molecule has 1 saturated heterocycles. The first-order chi connectivity index (χ1) is 10.2. The van der Waals surface area contributed by atoms with Crippen LogP contribution < -0.4 is 0 Å². The van der Waals surface area contributed by atoms with Crippen molar-refractivity contribution in [3.05, 3.63) is 21.2 Å². The van der Waals surface area contributed by atoms with E-state index in [1.807, 2.05) is 20.8 Å². The number of hydrogen-bond acceptors (Lipinski definition) is 4. The van der Waals surface area contributed by atoms with E-state index in [0.717, 1.165) is 36.6 Å². The van der Waals surface area contributed by atoms with Gasteiger partial charge in [-0.3, -0.25) is 0 Å². The van der Waals surface area contributed by atoms with Crippen molar-refractivity contribution in [2.24, 2.45) is 0 Å². The fraction of sp³-hybridized carbons (Fsp3) is 0.647. The number of hydrogen-bond donors (Lipinski definition) is 0. The topological polar surface area (TPSA) is 42.4 Å². The minimum absolute atomic E-state index is 0.204. The van der Waals surface area contributed by atoms with Crippen LogP contribution in [0.25, 0.3) is 5.57 Å². The molecule has 0 unspecified atom stereocenters. The highest BCUT2D eigenvalue weighted by Crippen LogP contribution is 2.30. The Balaban J connectivity index is 2.02. The summed E-state index contributed by atoms with van der Waals surface area (Å²) in [7, 11) is 0. The summed E-state index contributed by atoms with van der Waals surface area (Å²) in [5.41, 5.74) is 3.38. The SMILES string of the molecule is CC(=C1CCN(C(=O)OC(C)(C)C)CC1)c1nc(C)c(C)s1. The lowest BCUT2D eigenvalue weighted by Crippen LogP contribution is -2.40. The molecule has 1 aliphatic heterocycles. The van der Waals surface area contributed by atoms with Crippen molar-refractivity contribution in [1.82, 2.24) is 9.88 Å². The third kappa shape index (κ3) is 4.09. The molecule has 1 aliphatic rings. The number of likely N-dealkylation sites (tertiary alicyclic amines) is 1. The molecule has 4 nitrogen and oxygen atoms in total. The van der Waals surface area contributed by atoms with E-state index in [9.17, 15) is 4.79 Å². The quantitative estimate of drug-likeness (QED) is 0.761. The maximum atomic E-state index is 12.1. The summed E-state index contributed by atoms with van der Waals surface area (Å²) in [6.45, 7) is 13.5. The number of ether oxygens (including phenoxy) is 1. The average Bonchev–Trinajstić information content (AvgIpc) is 2.76. The molecule has 0 radical (unpaired) electrons. The van der Waals surface area contributed by atoms with Crippen molar-refractivity contribution in [2.75, 3.05) is 13.1 Å². The predicted octanol–water partition coefficient (Wildman–Crippen LogP) is 4.56. The standard InChI is InChI=1S/C17H26N2O2S/c1-11(15-18-12(2)13(3)22-15)14-7-9-19(10-8-14)16(20)21-17(4,5)6/h7-10H2,1-6H3. The summed E-state index contributed by atoms with van der Waals surface area (Å²) in [6.07, 6.45) is 1.61. The second-order valence-electron chi connectivity index (χ2n) is 6.86. The van der Waals surface area contributed by atoms with Crippen LogP contribution in [0.2, 0.25) is 0 Å². The molecule has 0 atom stereocenters. The van der Waals surface area contributed by atoms with Gasteiger partial charge in [-0.15, -0.1) is 11.3 Å². The predicted molar refractivity (Wildman–Crippen MR) is 91.2 cm³/mol. The summed E-state index contributed by atoms with van der Waals surface area (Å²) < 4.78 is 5.44. The summed E-state index contributed by atoms with van der Waals surface area (Å²) in [5, 5.41) is 1.12. The van der Waals surface area contributed by atoms with Crippen molar-refractivity contribution < 1.29 is 9.53 Å². The summed E-state index contributed by atoms with van der Waals surface area (Å²) in [4.78, 5) is 19.8. The van der Waals surface area contributed by atoms with E-state index in [1.54, 1.807) is 16.2 Å². The van der Waals surface area contributed by atoms with Gasteiger partial charge in [-0.05, 0) is 60.0 Å². The normalized spacial score (nSPS) is 15.9. The summed E-state index contributed by atoms with van der Waals surface area (Å²) >= 11 is 1.76. The Bertz CT molecular complexity index is 567. The van der Waals surface area contributed by atoms with E-state index in [4.69, 9.17) is 4.74 Å². The van der Waals surface area contributed by atoms with Gasteiger partial charge in [0.05, 0.1) is 5.69 Å². The van der Waals surface area contributed by atoms with Gasteiger partial charge in [-0.1, -0.05) is 5.57 Å². The van der Waals surface area contributed by atoms with Crippen LogP contribution in [-0.4, -0.2) is 34.7 Å². The van der Waals surface area contributed by atoms with Crippen LogP contribution in [0.3, 0.4) is 0 Å². The lowest BCUT2D eigenvalue weighted by Gasteiger charge is -2.31. The van der Waals surface area contributed by atoms with E-state index in [-0.39, 0.29) is 6.09 Å². The molecule has 1 fully saturated rings. The summed E-state index contributed by atoms with van der Waals surface area (Å²) in [6, 6.07) is 0. The molecule has 1 aromatic rings. The van der Waals surface area contributed by atoms with Crippen LogP contribution in [0, 0.1) is 13.8 Å². The summed E-state index contributed by atoms with van der Waals surface area (Å²) in [5.74, 6) is 0. The largest absolute Gasteiger partial charge is 0.444 e. The van der Waals surface area contributed by atoms with Gasteiger partial charge in [0.2, 0.25) is 0 Å². The smallest absolute Gasteiger partial charge is 0.410 e. The van der Waals surface area contributed by atoms with Crippen LogP contribution in [0.5, 0.6) is 0 Å². The van der Waals surface area contributed by atoms with Gasteiger partial charge in [0.15, 0.2) is 0 Å². The molecule has 2 heterocycles. The minimum Gasteiger partial charge on any atom is -0.444 e. The number of carbonyl (C=O) groups excluding carboxylic acids is 1. The monoisotopic (exact) mass is 322 g/mol. The highest BCUT2D eigenvalue weighted by molar-refractivity contribution is 7.12. The number of rotatable bonds is 1. The number of nitrogens with zero attached hydrogens (tertiary/aromatic N) is 2. The Labute approximate surface area is 137 Å². The first-order valence-electron chi connectivity index (χ1n) is 7.78. The first kappa shape index (κ1) is 17.0. The molecule has 0 aliphatic carbocycles. The zero-order chi connectivity index (χ0) is 16.5. The van der Waals surface area contributed by atoms with Crippen LogP contribution in [0.15, 0.2) is 5.57 Å². The van der Waals surface area contributed by atoms with Gasteiger partial charge in [0.25, 0.3) is 0 Å². The van der Waals surface area contributed by atoms with E-state index in [1.165, 1.54) is 16.0 Å². The molecule has 0 spiro atoms. The number of amides is 1. The van der Waals surface area contributed by atoms with Gasteiger partial charge in [0.1, 0.15) is 10.6 Å². The molecule has 0 N–H and O–H groups in total. The van der Waals surface area contributed by atoms with Crippen LogP contribution >= 0.6 is 11.3 Å². The van der Waals surface area contributed by atoms with Crippen molar-refractivity contribution >= 4 is 23.0 Å². The maximum Gasteiger partial charge on any atom is 0.410 e. The lowest BCUT2D eigenvalue weighted by atomic mass is 9.99. The number of piperidine rings is 1. The van der Waals surface area contributed by atoms with Crippen molar-refractivity contribution in [3.63, 3.8) is 0 Å². The molecular weight excluding hydrogens is 296 g/mol. The minimum atomic E-state index is -0.431. The van der Waals surface area contributed by atoms with Crippen LogP contribution in [0.4, 0.5) is 4.79 Å². The molecular formula is C17H26N2O2S. The second-order valence-corrected chi connectivity index (χ2v) is 8.06. The third-order valence-corrected chi connectivity index (χ3v) is 5.09. The van der Waals surface area contributed by atoms with Crippen molar-refractivity contribution in [1.29, 1.82) is 0 Å². The molecule has 122 valence electrons. The first-order valence-corrected chi connectivity index (χ1v) is 8.60. The van der Waals surface area contributed by atoms with Gasteiger partial charge >= 0.3 is 6.09 Å². The van der Waals surface area contributed by atoms with E-state index < -0.39 is 5.60 Å². The fourth-order valence-corrected chi connectivity index (χ4v) is 3.41. The van der Waals surface area contributed by atoms with Gasteiger partial charge < -0.3 is 9.64 Å². The van der Waals surface area contributed by atoms with Crippen LogP contribution in [-0.2, 0) is 4.74 Å². The zero-order valence-electron chi connectivity index (χ0n) is 14.4. The molecule has 1 aromatic heterocycles. The fourth-order valence-electron chi connectivity index (χ4n) is 2.45. The van der Waals surface area contributed by atoms with Crippen LogP contribution in [0.1, 0.15) is 56.1 Å². The maximum absolute atomic E-state index is 12.1. The molecule has 0 bridgehead atoms. The Morgan fingerprint density at radius 3 is 2.27 bits per heavy atom. The number of aryl methyl sites for hydroxylation is 2. The Morgan fingerprint density at radius 2 is 1.82 bits per heavy atom. The Hall–Kier alpha value is -1.36. The molecule has 0 saturated carbocycles. The molecule has 2 rings (SSSR count). The van der Waals surface area contributed by atoms with E-state index in [2.05, 4.69) is 25.8 Å². The Morgan fingerprint density at radius 1 is 1.23 bits per heavy atom. The molecule has 0 aromatic carbocycles. The van der Waals surface area contributed by atoms with Crippen molar-refractivity contribution in [3.8, 4) is 0 Å². The van der Waals surface area contributed by atoms with Crippen molar-refractivity contribution in [2.45, 2.75) is 60.0 Å². The van der Waals surface area contributed by atoms with E-state index >= 15 is 0 Å². The number of aromatic nitrogens is 1. The highest BCUT2D eigenvalue weighted by atomic mass is 32.1. The number of thiazole rings is 1.